The van der Waals surface area contributed by atoms with E-state index in [9.17, 15) is 9.59 Å². The van der Waals surface area contributed by atoms with Crippen LogP contribution in [0.25, 0.3) is 0 Å². The number of hydrogen-bond acceptors (Lipinski definition) is 5. The van der Waals surface area contributed by atoms with Crippen LogP contribution in [0.3, 0.4) is 0 Å². The molecule has 2 aromatic heterocycles. The van der Waals surface area contributed by atoms with Gasteiger partial charge in [-0.1, -0.05) is 6.07 Å². The summed E-state index contributed by atoms with van der Waals surface area (Å²) in [5, 5.41) is 4.67. The van der Waals surface area contributed by atoms with Gasteiger partial charge in [0.15, 0.2) is 0 Å². The summed E-state index contributed by atoms with van der Waals surface area (Å²) in [6.45, 7) is 4.49. The maximum atomic E-state index is 12.3. The summed E-state index contributed by atoms with van der Waals surface area (Å²) in [6.07, 6.45) is 3.96. The summed E-state index contributed by atoms with van der Waals surface area (Å²) in [4.78, 5) is 33.1. The van der Waals surface area contributed by atoms with Crippen molar-refractivity contribution in [3.8, 4) is 0 Å². The fourth-order valence-electron chi connectivity index (χ4n) is 2.84. The van der Waals surface area contributed by atoms with Crippen molar-refractivity contribution >= 4 is 23.2 Å². The highest BCUT2D eigenvalue weighted by Crippen LogP contribution is 2.09. The van der Waals surface area contributed by atoms with E-state index in [1.165, 1.54) is 16.9 Å². The Hall–Kier alpha value is -2.25. The molecule has 2 amide bonds. The van der Waals surface area contributed by atoms with Crippen molar-refractivity contribution in [3.63, 3.8) is 0 Å². The average Bonchev–Trinajstić information content (AvgIpc) is 3.18. The molecule has 7 heteroatoms. The van der Waals surface area contributed by atoms with Crippen LogP contribution in [0.15, 0.2) is 42.0 Å². The average molecular weight is 358 g/mol. The Morgan fingerprint density at radius 1 is 1.12 bits per heavy atom. The smallest absolute Gasteiger partial charge is 0.261 e. The molecule has 2 aromatic rings. The van der Waals surface area contributed by atoms with E-state index >= 15 is 0 Å². The van der Waals surface area contributed by atoms with E-state index < -0.39 is 0 Å². The second-order valence-corrected chi connectivity index (χ2v) is 6.94. The van der Waals surface area contributed by atoms with Crippen LogP contribution < -0.4 is 5.32 Å². The Labute approximate surface area is 151 Å². The number of aromatic nitrogens is 1. The molecule has 6 nitrogen and oxygen atoms in total. The molecule has 0 bridgehead atoms. The van der Waals surface area contributed by atoms with Crippen LogP contribution in [0.2, 0.25) is 0 Å². The first-order valence-electron chi connectivity index (χ1n) is 8.43. The highest BCUT2D eigenvalue weighted by Gasteiger charge is 2.21. The summed E-state index contributed by atoms with van der Waals surface area (Å²) in [5.41, 5.74) is 1.24. The van der Waals surface area contributed by atoms with E-state index in [2.05, 4.69) is 15.2 Å². The molecule has 3 rings (SSSR count). The Morgan fingerprint density at radius 2 is 1.88 bits per heavy atom. The molecule has 3 heterocycles. The number of carbonyl (C=O) groups excluding carboxylic acids is 2. The lowest BCUT2D eigenvalue weighted by atomic mass is 10.2. The first kappa shape index (κ1) is 17.6. The number of piperazine rings is 1. The standard InChI is InChI=1S/C18H22N4O2S/c23-17(5-8-20-18(24)16-2-1-13-25-16)22-11-9-21(10-12-22)14-15-3-6-19-7-4-15/h1-4,6-7,13H,5,8-12,14H2,(H,20,24). The van der Waals surface area contributed by atoms with Crippen LogP contribution >= 0.6 is 11.3 Å². The number of nitrogens with one attached hydrogen (secondary N) is 1. The zero-order valence-corrected chi connectivity index (χ0v) is 14.9. The van der Waals surface area contributed by atoms with Crippen molar-refractivity contribution in [2.45, 2.75) is 13.0 Å². The molecule has 1 fully saturated rings. The molecule has 25 heavy (non-hydrogen) atoms. The largest absolute Gasteiger partial charge is 0.351 e. The van der Waals surface area contributed by atoms with Crippen LogP contribution in [0.1, 0.15) is 21.7 Å². The van der Waals surface area contributed by atoms with Gasteiger partial charge in [-0.2, -0.15) is 0 Å². The predicted octanol–water partition coefficient (Wildman–Crippen LogP) is 1.61. The van der Waals surface area contributed by atoms with Gasteiger partial charge in [-0.25, -0.2) is 0 Å². The summed E-state index contributed by atoms with van der Waals surface area (Å²) in [6, 6.07) is 7.67. The van der Waals surface area contributed by atoms with Gasteiger partial charge >= 0.3 is 0 Å². The molecule has 0 aliphatic carbocycles. The summed E-state index contributed by atoms with van der Waals surface area (Å²) in [5.74, 6) is 0.0000101. The van der Waals surface area contributed by atoms with Gasteiger partial charge in [0.25, 0.3) is 5.91 Å². The highest BCUT2D eigenvalue weighted by atomic mass is 32.1. The second kappa shape index (κ2) is 8.73. The number of hydrogen-bond donors (Lipinski definition) is 1. The van der Waals surface area contributed by atoms with Crippen molar-refractivity contribution in [2.24, 2.45) is 0 Å². The summed E-state index contributed by atoms with van der Waals surface area (Å²) in [7, 11) is 0. The van der Waals surface area contributed by atoms with Crippen LogP contribution in [0.5, 0.6) is 0 Å². The molecule has 0 saturated carbocycles. The molecular formula is C18H22N4O2S. The zero-order valence-electron chi connectivity index (χ0n) is 14.1. The molecule has 132 valence electrons. The van der Waals surface area contributed by atoms with E-state index in [1.807, 2.05) is 28.5 Å². The quantitative estimate of drug-likeness (QED) is 0.852. The minimum atomic E-state index is -0.107. The molecular weight excluding hydrogens is 336 g/mol. The minimum Gasteiger partial charge on any atom is -0.351 e. The third kappa shape index (κ3) is 5.11. The van der Waals surface area contributed by atoms with Crippen LogP contribution in [0.4, 0.5) is 0 Å². The van der Waals surface area contributed by atoms with Gasteiger partial charge in [-0.05, 0) is 29.1 Å². The molecule has 0 atom stereocenters. The van der Waals surface area contributed by atoms with E-state index in [4.69, 9.17) is 0 Å². The molecule has 0 unspecified atom stereocenters. The number of pyridine rings is 1. The first-order chi connectivity index (χ1) is 12.2. The van der Waals surface area contributed by atoms with E-state index in [0.717, 1.165) is 32.7 Å². The Morgan fingerprint density at radius 3 is 2.56 bits per heavy atom. The Bertz CT molecular complexity index is 682. The van der Waals surface area contributed by atoms with Crippen molar-refractivity contribution < 1.29 is 9.59 Å². The summed E-state index contributed by atoms with van der Waals surface area (Å²) >= 11 is 1.40. The lowest BCUT2D eigenvalue weighted by Crippen LogP contribution is -2.48. The highest BCUT2D eigenvalue weighted by molar-refractivity contribution is 7.12. The monoisotopic (exact) mass is 358 g/mol. The lowest BCUT2D eigenvalue weighted by Gasteiger charge is -2.34. The zero-order chi connectivity index (χ0) is 17.5. The van der Waals surface area contributed by atoms with Crippen LogP contribution in [-0.2, 0) is 11.3 Å². The van der Waals surface area contributed by atoms with Crippen LogP contribution in [-0.4, -0.2) is 59.3 Å². The maximum absolute atomic E-state index is 12.3. The van der Waals surface area contributed by atoms with E-state index in [-0.39, 0.29) is 11.8 Å². The maximum Gasteiger partial charge on any atom is 0.261 e. The number of thiophene rings is 1. The number of nitrogens with zero attached hydrogens (tertiary/aromatic N) is 3. The topological polar surface area (TPSA) is 65.5 Å². The lowest BCUT2D eigenvalue weighted by molar-refractivity contribution is -0.132. The van der Waals surface area contributed by atoms with Crippen molar-refractivity contribution in [1.82, 2.24) is 20.1 Å². The van der Waals surface area contributed by atoms with Crippen molar-refractivity contribution in [3.05, 3.63) is 52.5 Å². The van der Waals surface area contributed by atoms with E-state index in [1.54, 1.807) is 18.5 Å². The second-order valence-electron chi connectivity index (χ2n) is 6.00. The van der Waals surface area contributed by atoms with Gasteiger partial charge in [0, 0.05) is 58.1 Å². The molecule has 1 aliphatic heterocycles. The fraction of sp³-hybridized carbons (Fsp3) is 0.389. The number of carbonyl (C=O) groups is 2. The SMILES string of the molecule is O=C(NCCC(=O)N1CCN(Cc2ccncc2)CC1)c1cccs1. The fourth-order valence-corrected chi connectivity index (χ4v) is 3.48. The third-order valence-electron chi connectivity index (χ3n) is 4.25. The van der Waals surface area contributed by atoms with Gasteiger partial charge in [-0.3, -0.25) is 19.5 Å². The number of rotatable bonds is 6. The molecule has 1 aliphatic rings. The minimum absolute atomic E-state index is 0.107. The van der Waals surface area contributed by atoms with Gasteiger partial charge < -0.3 is 10.2 Å². The van der Waals surface area contributed by atoms with Gasteiger partial charge in [0.05, 0.1) is 4.88 Å². The normalized spacial score (nSPS) is 15.1. The molecule has 1 N–H and O–H groups in total. The molecule has 0 aromatic carbocycles. The Kier molecular flexibility index (Phi) is 6.14. The predicted molar refractivity (Wildman–Crippen MR) is 97.4 cm³/mol. The van der Waals surface area contributed by atoms with E-state index in [0.29, 0.717) is 17.8 Å². The van der Waals surface area contributed by atoms with Gasteiger partial charge in [0.1, 0.15) is 0 Å². The molecule has 0 radical (unpaired) electrons. The molecule has 0 spiro atoms. The Balaban J connectivity index is 1.36. The third-order valence-corrected chi connectivity index (χ3v) is 5.12. The van der Waals surface area contributed by atoms with Crippen molar-refractivity contribution in [1.29, 1.82) is 0 Å². The molecule has 1 saturated heterocycles. The van der Waals surface area contributed by atoms with Gasteiger partial charge in [-0.15, -0.1) is 11.3 Å². The summed E-state index contributed by atoms with van der Waals surface area (Å²) < 4.78 is 0. The van der Waals surface area contributed by atoms with Crippen LogP contribution in [0, 0.1) is 0 Å². The number of amides is 2. The van der Waals surface area contributed by atoms with Gasteiger partial charge in [0.2, 0.25) is 5.91 Å². The first-order valence-corrected chi connectivity index (χ1v) is 9.31. The van der Waals surface area contributed by atoms with Crippen molar-refractivity contribution in [2.75, 3.05) is 32.7 Å².